The van der Waals surface area contributed by atoms with Crippen molar-refractivity contribution in [3.63, 3.8) is 0 Å². The molecule has 2 fully saturated rings. The fourth-order valence-electron chi connectivity index (χ4n) is 3.45. The van der Waals surface area contributed by atoms with Gasteiger partial charge in [-0.25, -0.2) is 0 Å². The molecule has 76 valence electrons. The Morgan fingerprint density at radius 1 is 0.923 bits per heavy atom. The average molecular weight is 198 g/mol. The summed E-state index contributed by atoms with van der Waals surface area (Å²) in [7, 11) is 0. The standard InChI is InChI=1S/C12H22S/c13-7-6-10-8-11-4-2-1-3-5-12(11)9-10/h10-13H,1-9H2. The molecule has 0 aliphatic heterocycles. The first-order chi connectivity index (χ1) is 6.40. The maximum Gasteiger partial charge on any atom is -0.00953 e. The van der Waals surface area contributed by atoms with Gasteiger partial charge in [0.1, 0.15) is 0 Å². The molecule has 2 saturated carbocycles. The smallest absolute Gasteiger partial charge is 0.00953 e. The van der Waals surface area contributed by atoms with Gasteiger partial charge in [-0.1, -0.05) is 32.1 Å². The van der Waals surface area contributed by atoms with Crippen LogP contribution in [-0.4, -0.2) is 5.75 Å². The molecule has 2 unspecified atom stereocenters. The van der Waals surface area contributed by atoms with Crippen molar-refractivity contribution in [2.45, 2.75) is 51.4 Å². The predicted octanol–water partition coefficient (Wildman–Crippen LogP) is 3.91. The summed E-state index contributed by atoms with van der Waals surface area (Å²) in [5.74, 6) is 4.34. The third-order valence-electron chi connectivity index (χ3n) is 4.13. The van der Waals surface area contributed by atoms with E-state index in [1.54, 1.807) is 0 Å². The van der Waals surface area contributed by atoms with Crippen molar-refractivity contribution >= 4 is 12.6 Å². The Balaban J connectivity index is 1.86. The van der Waals surface area contributed by atoms with Crippen LogP contribution in [0.1, 0.15) is 51.4 Å². The largest absolute Gasteiger partial charge is 0.179 e. The zero-order valence-corrected chi connectivity index (χ0v) is 9.44. The normalized spacial score (nSPS) is 39.9. The molecule has 2 aliphatic rings. The van der Waals surface area contributed by atoms with Crippen LogP contribution in [-0.2, 0) is 0 Å². The lowest BCUT2D eigenvalue weighted by Gasteiger charge is -2.14. The van der Waals surface area contributed by atoms with Crippen molar-refractivity contribution in [1.29, 1.82) is 0 Å². The van der Waals surface area contributed by atoms with Crippen LogP contribution in [0.15, 0.2) is 0 Å². The van der Waals surface area contributed by atoms with Crippen LogP contribution in [0.2, 0.25) is 0 Å². The molecular weight excluding hydrogens is 176 g/mol. The Morgan fingerprint density at radius 3 is 2.08 bits per heavy atom. The van der Waals surface area contributed by atoms with E-state index in [2.05, 4.69) is 12.6 Å². The van der Waals surface area contributed by atoms with Gasteiger partial charge >= 0.3 is 0 Å². The fourth-order valence-corrected chi connectivity index (χ4v) is 3.82. The lowest BCUT2D eigenvalue weighted by Crippen LogP contribution is -2.04. The Hall–Kier alpha value is 0.350. The third-order valence-corrected chi connectivity index (χ3v) is 4.38. The van der Waals surface area contributed by atoms with Crippen LogP contribution >= 0.6 is 12.6 Å². The van der Waals surface area contributed by atoms with E-state index in [4.69, 9.17) is 0 Å². The summed E-state index contributed by atoms with van der Waals surface area (Å²) >= 11 is 4.35. The van der Waals surface area contributed by atoms with Crippen molar-refractivity contribution in [2.24, 2.45) is 17.8 Å². The quantitative estimate of drug-likeness (QED) is 0.639. The molecule has 0 bridgehead atoms. The molecule has 0 aromatic heterocycles. The summed E-state index contributed by atoms with van der Waals surface area (Å²) in [5, 5.41) is 0. The Bertz CT molecular complexity index is 141. The van der Waals surface area contributed by atoms with E-state index < -0.39 is 0 Å². The first kappa shape index (κ1) is 9.89. The number of hydrogen-bond acceptors (Lipinski definition) is 1. The molecule has 0 spiro atoms. The Morgan fingerprint density at radius 2 is 1.54 bits per heavy atom. The second-order valence-corrected chi connectivity index (χ2v) is 5.46. The SMILES string of the molecule is SCCC1CC2CCCCCC2C1. The lowest BCUT2D eigenvalue weighted by atomic mass is 9.92. The summed E-state index contributed by atoms with van der Waals surface area (Å²) in [5.41, 5.74) is 0. The van der Waals surface area contributed by atoms with E-state index in [9.17, 15) is 0 Å². The van der Waals surface area contributed by atoms with Crippen molar-refractivity contribution in [1.82, 2.24) is 0 Å². The van der Waals surface area contributed by atoms with Crippen LogP contribution in [0.4, 0.5) is 0 Å². The molecule has 2 aliphatic carbocycles. The number of fused-ring (bicyclic) bond motifs is 1. The topological polar surface area (TPSA) is 0 Å². The van der Waals surface area contributed by atoms with Crippen molar-refractivity contribution in [2.75, 3.05) is 5.75 Å². The summed E-state index contributed by atoms with van der Waals surface area (Å²) in [6.45, 7) is 0. The van der Waals surface area contributed by atoms with E-state index in [0.29, 0.717) is 0 Å². The number of thiol groups is 1. The zero-order chi connectivity index (χ0) is 9.10. The molecule has 1 heteroatoms. The number of hydrogen-bond donors (Lipinski definition) is 1. The van der Waals surface area contributed by atoms with Crippen LogP contribution < -0.4 is 0 Å². The van der Waals surface area contributed by atoms with Gasteiger partial charge < -0.3 is 0 Å². The highest BCUT2D eigenvalue weighted by Crippen LogP contribution is 2.45. The van der Waals surface area contributed by atoms with E-state index in [0.717, 1.165) is 23.5 Å². The molecular formula is C12H22S. The lowest BCUT2D eigenvalue weighted by molar-refractivity contribution is 0.367. The first-order valence-corrected chi connectivity index (χ1v) is 6.64. The highest BCUT2D eigenvalue weighted by atomic mass is 32.1. The molecule has 0 radical (unpaired) electrons. The highest BCUT2D eigenvalue weighted by Gasteiger charge is 2.33. The Labute approximate surface area is 87.9 Å². The van der Waals surface area contributed by atoms with E-state index in [-0.39, 0.29) is 0 Å². The van der Waals surface area contributed by atoms with Gasteiger partial charge in [-0.15, -0.1) is 0 Å². The first-order valence-electron chi connectivity index (χ1n) is 6.01. The van der Waals surface area contributed by atoms with E-state index in [1.807, 2.05) is 0 Å². The minimum Gasteiger partial charge on any atom is -0.179 e. The van der Waals surface area contributed by atoms with Gasteiger partial charge in [-0.2, -0.15) is 12.6 Å². The van der Waals surface area contributed by atoms with Crippen LogP contribution in [0, 0.1) is 17.8 Å². The van der Waals surface area contributed by atoms with Crippen LogP contribution in [0.3, 0.4) is 0 Å². The molecule has 0 nitrogen and oxygen atoms in total. The van der Waals surface area contributed by atoms with Crippen LogP contribution in [0.5, 0.6) is 0 Å². The van der Waals surface area contributed by atoms with E-state index >= 15 is 0 Å². The van der Waals surface area contributed by atoms with Gasteiger partial charge in [0.15, 0.2) is 0 Å². The average Bonchev–Trinajstić information content (AvgIpc) is 2.37. The van der Waals surface area contributed by atoms with Gasteiger partial charge in [-0.3, -0.25) is 0 Å². The molecule has 2 atom stereocenters. The summed E-state index contributed by atoms with van der Waals surface area (Å²) in [6, 6.07) is 0. The van der Waals surface area contributed by atoms with Crippen LogP contribution in [0.25, 0.3) is 0 Å². The molecule has 2 rings (SSSR count). The maximum atomic E-state index is 4.35. The number of rotatable bonds is 2. The third kappa shape index (κ3) is 2.43. The second-order valence-electron chi connectivity index (χ2n) is 5.01. The molecule has 13 heavy (non-hydrogen) atoms. The van der Waals surface area contributed by atoms with Gasteiger partial charge in [0.05, 0.1) is 0 Å². The second kappa shape index (κ2) is 4.72. The maximum absolute atomic E-state index is 4.35. The summed E-state index contributed by atoms with van der Waals surface area (Å²) in [6.07, 6.45) is 12.0. The minimum atomic E-state index is 1.03. The predicted molar refractivity (Wildman–Crippen MR) is 61.3 cm³/mol. The van der Waals surface area contributed by atoms with Gasteiger partial charge in [-0.05, 0) is 42.8 Å². The van der Waals surface area contributed by atoms with Crippen molar-refractivity contribution in [3.05, 3.63) is 0 Å². The summed E-state index contributed by atoms with van der Waals surface area (Å²) < 4.78 is 0. The van der Waals surface area contributed by atoms with Gasteiger partial charge in [0.2, 0.25) is 0 Å². The fraction of sp³-hybridized carbons (Fsp3) is 1.00. The monoisotopic (exact) mass is 198 g/mol. The molecule has 0 heterocycles. The molecule has 0 saturated heterocycles. The van der Waals surface area contributed by atoms with E-state index in [1.165, 1.54) is 51.4 Å². The molecule has 0 aromatic rings. The minimum absolute atomic E-state index is 1.03. The van der Waals surface area contributed by atoms with Crippen molar-refractivity contribution < 1.29 is 0 Å². The molecule has 0 aromatic carbocycles. The molecule has 0 N–H and O–H groups in total. The van der Waals surface area contributed by atoms with Crippen molar-refractivity contribution in [3.8, 4) is 0 Å². The Kier molecular flexibility index (Phi) is 3.59. The zero-order valence-electron chi connectivity index (χ0n) is 8.54. The van der Waals surface area contributed by atoms with Gasteiger partial charge in [0, 0.05) is 0 Å². The highest BCUT2D eigenvalue weighted by molar-refractivity contribution is 7.80. The molecule has 0 amide bonds. The van der Waals surface area contributed by atoms with Gasteiger partial charge in [0.25, 0.3) is 0 Å². The summed E-state index contributed by atoms with van der Waals surface area (Å²) in [4.78, 5) is 0.